The zero-order chi connectivity index (χ0) is 7.11. The summed E-state index contributed by atoms with van der Waals surface area (Å²) in [5.74, 6) is 0.471. The van der Waals surface area contributed by atoms with Crippen LogP contribution in [-0.2, 0) is 4.65 Å². The lowest BCUT2D eigenvalue weighted by molar-refractivity contribution is 0.370. The number of hydrogen-bond donors (Lipinski definition) is 2. The summed E-state index contributed by atoms with van der Waals surface area (Å²) < 4.78 is 4.47. The summed E-state index contributed by atoms with van der Waals surface area (Å²) in [4.78, 5) is 3.52. The van der Waals surface area contributed by atoms with Gasteiger partial charge in [0.05, 0.1) is 18.3 Å². The van der Waals surface area contributed by atoms with E-state index >= 15 is 0 Å². The number of nitrogens with two attached hydrogens (primary N) is 1. The maximum absolute atomic E-state index is 8.06. The van der Waals surface area contributed by atoms with Crippen molar-refractivity contribution in [2.24, 2.45) is 10.7 Å². The van der Waals surface area contributed by atoms with Crippen LogP contribution < -0.4 is 5.73 Å². The summed E-state index contributed by atoms with van der Waals surface area (Å²) in [6.07, 6.45) is 2.51. The molecule has 1 radical (unpaired) electrons. The van der Waals surface area contributed by atoms with Gasteiger partial charge in [0, 0.05) is 0 Å². The summed E-state index contributed by atoms with van der Waals surface area (Å²) >= 11 is 0. The quantitative estimate of drug-likeness (QED) is 0.229. The minimum Gasteiger partial charge on any atom is -0.540 e. The van der Waals surface area contributed by atoms with Crippen LogP contribution in [0.25, 0.3) is 0 Å². The van der Waals surface area contributed by atoms with Crippen molar-refractivity contribution in [2.45, 2.75) is 6.92 Å². The highest BCUT2D eigenvalue weighted by atomic mass is 16.5. The van der Waals surface area contributed by atoms with Crippen LogP contribution in [0, 0.1) is 0 Å². The molecule has 0 saturated carbocycles. The zero-order valence-electron chi connectivity index (χ0n) is 5.11. The van der Waals surface area contributed by atoms with Crippen LogP contribution in [0.5, 0.6) is 0 Å². The van der Waals surface area contributed by atoms with Gasteiger partial charge in [0.25, 0.3) is 0 Å². The second kappa shape index (κ2) is 5.18. The largest absolute Gasteiger partial charge is 0.569 e. The van der Waals surface area contributed by atoms with Gasteiger partial charge in [-0.25, -0.2) is 4.99 Å². The first-order chi connectivity index (χ1) is 4.31. The minimum absolute atomic E-state index is 0.471. The molecule has 0 unspecified atom stereocenters. The third kappa shape index (κ3) is 4.90. The Kier molecular flexibility index (Phi) is 4.62. The van der Waals surface area contributed by atoms with E-state index in [4.69, 9.17) is 10.8 Å². The van der Waals surface area contributed by atoms with Crippen LogP contribution in [0.4, 0.5) is 0 Å². The van der Waals surface area contributed by atoms with Crippen molar-refractivity contribution < 1.29 is 9.68 Å². The van der Waals surface area contributed by atoms with Crippen LogP contribution >= 0.6 is 0 Å². The van der Waals surface area contributed by atoms with Crippen molar-refractivity contribution in [3.05, 3.63) is 12.0 Å². The van der Waals surface area contributed by atoms with Gasteiger partial charge in [-0.15, -0.1) is 0 Å². The standard InChI is InChI=1S/C4H8BN2O2/c1-4(9-5-8)2-7-3-6/h2-3,8H,1H3,(H2,6,7)/b4-2+. The van der Waals surface area contributed by atoms with Gasteiger partial charge in [-0.2, -0.15) is 0 Å². The second-order valence-corrected chi connectivity index (χ2v) is 1.26. The number of hydrogen-bond acceptors (Lipinski definition) is 3. The first kappa shape index (κ1) is 8.03. The van der Waals surface area contributed by atoms with Crippen molar-refractivity contribution in [3.63, 3.8) is 0 Å². The Morgan fingerprint density at radius 3 is 3.00 bits per heavy atom. The minimum atomic E-state index is 0.471. The van der Waals surface area contributed by atoms with Crippen molar-refractivity contribution in [2.75, 3.05) is 0 Å². The smallest absolute Gasteiger partial charge is 0.540 e. The fraction of sp³-hybridized carbons (Fsp3) is 0.250. The number of nitrogens with zero attached hydrogens (tertiary/aromatic N) is 1. The molecule has 0 aromatic heterocycles. The summed E-state index contributed by atoms with van der Waals surface area (Å²) in [5, 5.41) is 8.06. The van der Waals surface area contributed by atoms with E-state index in [1.54, 1.807) is 6.92 Å². The third-order valence-corrected chi connectivity index (χ3v) is 0.581. The third-order valence-electron chi connectivity index (χ3n) is 0.581. The molecule has 0 aliphatic heterocycles. The second-order valence-electron chi connectivity index (χ2n) is 1.26. The normalized spacial score (nSPS) is 12.0. The first-order valence-corrected chi connectivity index (χ1v) is 2.34. The van der Waals surface area contributed by atoms with Gasteiger partial charge in [-0.3, -0.25) is 0 Å². The molecule has 9 heavy (non-hydrogen) atoms. The van der Waals surface area contributed by atoms with Gasteiger partial charge >= 0.3 is 7.69 Å². The molecule has 3 N–H and O–H groups in total. The van der Waals surface area contributed by atoms with Crippen LogP contribution in [0.2, 0.25) is 0 Å². The fourth-order valence-electron chi connectivity index (χ4n) is 0.262. The molecule has 0 spiro atoms. The molecule has 0 amide bonds. The molecule has 4 nitrogen and oxygen atoms in total. The molecule has 0 saturated heterocycles. The van der Waals surface area contributed by atoms with E-state index in [1.165, 1.54) is 6.20 Å². The van der Waals surface area contributed by atoms with Gasteiger partial charge in [-0.05, 0) is 6.92 Å². The van der Waals surface area contributed by atoms with Crippen molar-refractivity contribution in [1.29, 1.82) is 0 Å². The predicted molar refractivity (Wildman–Crippen MR) is 35.5 cm³/mol. The van der Waals surface area contributed by atoms with Crippen molar-refractivity contribution >= 4 is 14.0 Å². The lowest BCUT2D eigenvalue weighted by atomic mass is 10.4. The van der Waals surface area contributed by atoms with Crippen molar-refractivity contribution in [3.8, 4) is 0 Å². The fourth-order valence-corrected chi connectivity index (χ4v) is 0.262. The average molecular weight is 127 g/mol. The zero-order valence-corrected chi connectivity index (χ0v) is 5.11. The number of aliphatic imine (C=N–C) groups is 1. The van der Waals surface area contributed by atoms with Gasteiger partial charge in [-0.1, -0.05) is 0 Å². The van der Waals surface area contributed by atoms with E-state index in [0.717, 1.165) is 6.34 Å². The van der Waals surface area contributed by atoms with E-state index in [1.807, 2.05) is 0 Å². The van der Waals surface area contributed by atoms with Gasteiger partial charge in [0.2, 0.25) is 0 Å². The molecule has 0 aromatic rings. The molecule has 0 fully saturated rings. The molecule has 0 aliphatic rings. The van der Waals surface area contributed by atoms with Crippen molar-refractivity contribution in [1.82, 2.24) is 0 Å². The Bertz CT molecular complexity index is 124. The summed E-state index contributed by atoms with van der Waals surface area (Å²) in [5.41, 5.74) is 4.91. The van der Waals surface area contributed by atoms with E-state index in [0.29, 0.717) is 13.4 Å². The maximum Gasteiger partial charge on any atom is 0.569 e. The number of rotatable bonds is 3. The van der Waals surface area contributed by atoms with E-state index in [9.17, 15) is 0 Å². The molecule has 0 rings (SSSR count). The highest BCUT2D eigenvalue weighted by Gasteiger charge is 1.86. The Morgan fingerprint density at radius 1 is 1.89 bits per heavy atom. The van der Waals surface area contributed by atoms with Gasteiger partial charge < -0.3 is 15.4 Å². The maximum atomic E-state index is 8.06. The molecular formula is C4H8BN2O2. The molecule has 0 aliphatic carbocycles. The Hall–Kier alpha value is -0.965. The summed E-state index contributed by atoms with van der Waals surface area (Å²) in [6.45, 7) is 1.64. The van der Waals surface area contributed by atoms with Crippen LogP contribution in [0.3, 0.4) is 0 Å². The Labute approximate surface area is 54.3 Å². The Balaban J connectivity index is 3.55. The molecule has 49 valence electrons. The number of allylic oxidation sites excluding steroid dienone is 1. The van der Waals surface area contributed by atoms with Gasteiger partial charge in [0.15, 0.2) is 0 Å². The molecular weight excluding hydrogens is 119 g/mol. The van der Waals surface area contributed by atoms with E-state index in [2.05, 4.69) is 9.65 Å². The monoisotopic (exact) mass is 127 g/mol. The SMILES string of the molecule is C/C(=C\N=CN)O[B]O. The molecule has 0 atom stereocenters. The predicted octanol–water partition coefficient (Wildman–Crippen LogP) is -0.622. The summed E-state index contributed by atoms with van der Waals surface area (Å²) in [7, 11) is 0.581. The summed E-state index contributed by atoms with van der Waals surface area (Å²) in [6, 6.07) is 0. The Morgan fingerprint density at radius 2 is 2.56 bits per heavy atom. The molecule has 5 heteroatoms. The lowest BCUT2D eigenvalue weighted by Crippen LogP contribution is -1.94. The van der Waals surface area contributed by atoms with Crippen LogP contribution in [0.15, 0.2) is 17.0 Å². The van der Waals surface area contributed by atoms with Gasteiger partial charge in [0.1, 0.15) is 0 Å². The average Bonchev–Trinajstić information content (AvgIpc) is 1.85. The van der Waals surface area contributed by atoms with E-state index in [-0.39, 0.29) is 0 Å². The lowest BCUT2D eigenvalue weighted by Gasteiger charge is -1.95. The molecule has 0 heterocycles. The van der Waals surface area contributed by atoms with Crippen LogP contribution in [-0.4, -0.2) is 19.0 Å². The topological polar surface area (TPSA) is 67.8 Å². The van der Waals surface area contributed by atoms with Crippen LogP contribution in [0.1, 0.15) is 6.92 Å². The highest BCUT2D eigenvalue weighted by Crippen LogP contribution is 1.91. The molecule has 0 aromatic carbocycles. The first-order valence-electron chi connectivity index (χ1n) is 2.34. The highest BCUT2D eigenvalue weighted by molar-refractivity contribution is 6.16. The van der Waals surface area contributed by atoms with E-state index < -0.39 is 0 Å². The molecule has 0 bridgehead atoms.